The molecule has 1 aromatic carbocycles. The van der Waals surface area contributed by atoms with Crippen molar-refractivity contribution in [3.05, 3.63) is 74.6 Å². The van der Waals surface area contributed by atoms with Gasteiger partial charge in [-0.05, 0) is 41.9 Å². The molecule has 0 saturated carbocycles. The predicted molar refractivity (Wildman–Crippen MR) is 101 cm³/mol. The maximum Gasteiger partial charge on any atom is 0.252 e. The van der Waals surface area contributed by atoms with E-state index in [1.807, 2.05) is 48.7 Å². The van der Waals surface area contributed by atoms with Gasteiger partial charge in [0.2, 0.25) is 0 Å². The van der Waals surface area contributed by atoms with Gasteiger partial charge in [-0.15, -0.1) is 34.4 Å². The maximum atomic E-state index is 12.6. The second kappa shape index (κ2) is 7.81. The van der Waals surface area contributed by atoms with Crippen LogP contribution in [0.15, 0.2) is 64.2 Å². The van der Waals surface area contributed by atoms with Gasteiger partial charge in [0.1, 0.15) is 0 Å². The first-order valence-corrected chi connectivity index (χ1v) is 10.1. The van der Waals surface area contributed by atoms with Crippen LogP contribution in [0.3, 0.4) is 0 Å². The van der Waals surface area contributed by atoms with Crippen molar-refractivity contribution in [3.8, 4) is 0 Å². The Labute approximate surface area is 148 Å². The zero-order chi connectivity index (χ0) is 16.1. The van der Waals surface area contributed by atoms with Crippen molar-refractivity contribution in [2.45, 2.75) is 23.6 Å². The normalized spacial score (nSPS) is 12.0. The van der Waals surface area contributed by atoms with Gasteiger partial charge in [0.05, 0.1) is 11.6 Å². The number of carbonyl (C=O) groups is 1. The number of hydrogen-bond donors (Lipinski definition) is 1. The smallest absolute Gasteiger partial charge is 0.252 e. The molecule has 0 aliphatic heterocycles. The van der Waals surface area contributed by atoms with Crippen LogP contribution in [0, 0.1) is 0 Å². The number of benzene rings is 1. The number of hydrogen-bond acceptors (Lipinski definition) is 4. The number of rotatable bonds is 6. The van der Waals surface area contributed by atoms with Crippen molar-refractivity contribution in [2.24, 2.45) is 0 Å². The molecule has 23 heavy (non-hydrogen) atoms. The highest BCUT2D eigenvalue weighted by Crippen LogP contribution is 2.28. The molecule has 0 fully saturated rings. The molecule has 0 aliphatic rings. The van der Waals surface area contributed by atoms with Gasteiger partial charge in [0.25, 0.3) is 5.91 Å². The second-order valence-corrected chi connectivity index (χ2v) is 8.10. The summed E-state index contributed by atoms with van der Waals surface area (Å²) in [6.07, 6.45) is 0. The molecule has 0 aliphatic carbocycles. The third kappa shape index (κ3) is 4.25. The molecule has 0 spiro atoms. The van der Waals surface area contributed by atoms with Crippen LogP contribution in [-0.2, 0) is 5.75 Å². The zero-order valence-electron chi connectivity index (χ0n) is 12.7. The predicted octanol–water partition coefficient (Wildman–Crippen LogP) is 5.59. The van der Waals surface area contributed by atoms with E-state index in [-0.39, 0.29) is 11.9 Å². The van der Waals surface area contributed by atoms with Crippen LogP contribution in [-0.4, -0.2) is 5.91 Å². The molecule has 2 heterocycles. The fourth-order valence-electron chi connectivity index (χ4n) is 2.21. The summed E-state index contributed by atoms with van der Waals surface area (Å²) in [5.74, 6) is 0.878. The molecule has 2 aromatic heterocycles. The molecule has 2 nitrogen and oxygen atoms in total. The van der Waals surface area contributed by atoms with E-state index in [9.17, 15) is 4.79 Å². The number of nitrogens with one attached hydrogen (secondary N) is 1. The quantitative estimate of drug-likeness (QED) is 0.581. The van der Waals surface area contributed by atoms with E-state index in [4.69, 9.17) is 0 Å². The Morgan fingerprint density at radius 3 is 2.61 bits per heavy atom. The standard InChI is InChI=1S/C18H17NOS3/c1-13(16-9-5-11-22-16)19-18(20)15-7-2-3-8-17(15)23-12-14-6-4-10-21-14/h2-11,13H,12H2,1H3,(H,19,20). The third-order valence-electron chi connectivity index (χ3n) is 3.40. The summed E-state index contributed by atoms with van der Waals surface area (Å²) in [7, 11) is 0. The molecule has 0 bridgehead atoms. The van der Waals surface area contributed by atoms with Crippen LogP contribution in [0.5, 0.6) is 0 Å². The van der Waals surface area contributed by atoms with Gasteiger partial charge in [0, 0.05) is 20.4 Å². The maximum absolute atomic E-state index is 12.6. The largest absolute Gasteiger partial charge is 0.345 e. The average Bonchev–Trinajstić information content (AvgIpc) is 3.26. The summed E-state index contributed by atoms with van der Waals surface area (Å²) in [6, 6.07) is 16.1. The molecular formula is C18H17NOS3. The van der Waals surface area contributed by atoms with Crippen molar-refractivity contribution in [3.63, 3.8) is 0 Å². The minimum absolute atomic E-state index is 0.0137. The summed E-state index contributed by atoms with van der Waals surface area (Å²) < 4.78 is 0. The molecule has 3 rings (SSSR count). The molecule has 1 atom stereocenters. The summed E-state index contributed by atoms with van der Waals surface area (Å²) in [6.45, 7) is 2.02. The summed E-state index contributed by atoms with van der Waals surface area (Å²) >= 11 is 5.12. The number of carbonyl (C=O) groups excluding carboxylic acids is 1. The summed E-state index contributed by atoms with van der Waals surface area (Å²) in [4.78, 5) is 16.1. The SMILES string of the molecule is CC(NC(=O)c1ccccc1SCc1cccs1)c1cccs1. The Kier molecular flexibility index (Phi) is 5.54. The van der Waals surface area contributed by atoms with E-state index in [2.05, 4.69) is 22.8 Å². The lowest BCUT2D eigenvalue weighted by molar-refractivity contribution is 0.0937. The van der Waals surface area contributed by atoms with E-state index < -0.39 is 0 Å². The van der Waals surface area contributed by atoms with Crippen molar-refractivity contribution >= 4 is 40.3 Å². The van der Waals surface area contributed by atoms with Crippen molar-refractivity contribution in [2.75, 3.05) is 0 Å². The van der Waals surface area contributed by atoms with Crippen LogP contribution < -0.4 is 5.32 Å². The third-order valence-corrected chi connectivity index (χ3v) is 6.64. The van der Waals surface area contributed by atoms with Gasteiger partial charge in [0.15, 0.2) is 0 Å². The van der Waals surface area contributed by atoms with E-state index >= 15 is 0 Å². The zero-order valence-corrected chi connectivity index (χ0v) is 15.1. The van der Waals surface area contributed by atoms with Crippen molar-refractivity contribution in [1.82, 2.24) is 5.32 Å². The van der Waals surface area contributed by atoms with Gasteiger partial charge in [-0.2, -0.15) is 0 Å². The minimum Gasteiger partial charge on any atom is -0.345 e. The van der Waals surface area contributed by atoms with E-state index in [1.165, 1.54) is 9.75 Å². The fourth-order valence-corrected chi connectivity index (χ4v) is 4.76. The fraction of sp³-hybridized carbons (Fsp3) is 0.167. The highest BCUT2D eigenvalue weighted by molar-refractivity contribution is 7.98. The summed E-state index contributed by atoms with van der Waals surface area (Å²) in [5.41, 5.74) is 0.748. The monoisotopic (exact) mass is 359 g/mol. The first kappa shape index (κ1) is 16.3. The Morgan fingerprint density at radius 2 is 1.87 bits per heavy atom. The molecule has 118 valence electrons. The van der Waals surface area contributed by atoms with Crippen LogP contribution in [0.1, 0.15) is 33.1 Å². The molecule has 0 saturated heterocycles. The molecular weight excluding hydrogens is 342 g/mol. The van der Waals surface area contributed by atoms with E-state index in [0.29, 0.717) is 0 Å². The Hall–Kier alpha value is -1.56. The lowest BCUT2D eigenvalue weighted by Gasteiger charge is -2.14. The average molecular weight is 360 g/mol. The molecule has 1 amide bonds. The van der Waals surface area contributed by atoms with Crippen LogP contribution in [0.2, 0.25) is 0 Å². The molecule has 3 aromatic rings. The van der Waals surface area contributed by atoms with Gasteiger partial charge in [-0.3, -0.25) is 4.79 Å². The first-order valence-electron chi connectivity index (χ1n) is 7.32. The van der Waals surface area contributed by atoms with Gasteiger partial charge >= 0.3 is 0 Å². The topological polar surface area (TPSA) is 29.1 Å². The summed E-state index contributed by atoms with van der Waals surface area (Å²) in [5, 5.41) is 7.20. The number of thioether (sulfide) groups is 1. The Bertz CT molecular complexity index is 750. The van der Waals surface area contributed by atoms with Crippen molar-refractivity contribution < 1.29 is 4.79 Å². The number of thiophene rings is 2. The molecule has 5 heteroatoms. The van der Waals surface area contributed by atoms with E-state index in [0.717, 1.165) is 16.2 Å². The lowest BCUT2D eigenvalue weighted by atomic mass is 10.2. The first-order chi connectivity index (χ1) is 11.2. The Morgan fingerprint density at radius 1 is 1.09 bits per heavy atom. The highest BCUT2D eigenvalue weighted by Gasteiger charge is 2.15. The van der Waals surface area contributed by atoms with E-state index in [1.54, 1.807) is 34.4 Å². The molecule has 0 radical (unpaired) electrons. The van der Waals surface area contributed by atoms with Gasteiger partial charge < -0.3 is 5.32 Å². The van der Waals surface area contributed by atoms with Crippen LogP contribution in [0.4, 0.5) is 0 Å². The van der Waals surface area contributed by atoms with Gasteiger partial charge in [-0.1, -0.05) is 24.3 Å². The highest BCUT2D eigenvalue weighted by atomic mass is 32.2. The van der Waals surface area contributed by atoms with Gasteiger partial charge in [-0.25, -0.2) is 0 Å². The number of amides is 1. The second-order valence-electron chi connectivity index (χ2n) is 5.07. The molecule has 1 N–H and O–H groups in total. The van der Waals surface area contributed by atoms with Crippen molar-refractivity contribution in [1.29, 1.82) is 0 Å². The van der Waals surface area contributed by atoms with Crippen LogP contribution >= 0.6 is 34.4 Å². The lowest BCUT2D eigenvalue weighted by Crippen LogP contribution is -2.26. The molecule has 1 unspecified atom stereocenters. The Balaban J connectivity index is 1.70. The van der Waals surface area contributed by atoms with Crippen LogP contribution in [0.25, 0.3) is 0 Å². The minimum atomic E-state index is -0.0137.